The number of benzene rings is 1. The lowest BCUT2D eigenvalue weighted by atomic mass is 10.00. The van der Waals surface area contributed by atoms with E-state index in [2.05, 4.69) is 15.2 Å². The maximum Gasteiger partial charge on any atom is 0.263 e. The standard InChI is InChI=1S/C33H36ClFN8O7/c1-16-11-40(17-14-50-15-17)7-8-42(16)23-10-21(26(34)30(35)38-23)37-24(44)13-41-12-20(25-32(41)39-22-5-4-6-43(22)33(25)47)18-9-19(31(36)46)27(45)29(49-3)28(18)48-2/h9-10,12,16-17,45H,4-8,11,13-15H2,1-3H3,(H2,36,46)(H,37,38,44)/t16-/m0/s1. The molecule has 2 amide bonds. The van der Waals surface area contributed by atoms with Gasteiger partial charge >= 0.3 is 0 Å². The van der Waals surface area contributed by atoms with Gasteiger partial charge in [-0.2, -0.15) is 4.39 Å². The second-order valence-corrected chi connectivity index (χ2v) is 13.0. The lowest BCUT2D eigenvalue weighted by Crippen LogP contribution is -2.59. The number of hydrogen-bond donors (Lipinski definition) is 3. The van der Waals surface area contributed by atoms with Crippen LogP contribution in [-0.2, 0) is 29.0 Å². The summed E-state index contributed by atoms with van der Waals surface area (Å²) in [6.07, 6.45) is 2.81. The number of amides is 2. The lowest BCUT2D eigenvalue weighted by Gasteiger charge is -2.46. The van der Waals surface area contributed by atoms with Crippen molar-refractivity contribution in [3.63, 3.8) is 0 Å². The molecule has 15 nitrogen and oxygen atoms in total. The summed E-state index contributed by atoms with van der Waals surface area (Å²) in [6.45, 7) is 5.66. The van der Waals surface area contributed by atoms with Crippen LogP contribution in [0, 0.1) is 5.95 Å². The fourth-order valence-corrected chi connectivity index (χ4v) is 7.17. The average molecular weight is 711 g/mol. The van der Waals surface area contributed by atoms with Crippen molar-refractivity contribution in [3.8, 4) is 28.4 Å². The third kappa shape index (κ3) is 5.66. The van der Waals surface area contributed by atoms with E-state index in [1.807, 2.05) is 11.8 Å². The van der Waals surface area contributed by atoms with Crippen LogP contribution in [0.1, 0.15) is 29.5 Å². The number of pyridine rings is 1. The Morgan fingerprint density at radius 3 is 2.56 bits per heavy atom. The number of nitrogens with zero attached hydrogens (tertiary/aromatic N) is 6. The Hall–Kier alpha value is -4.93. The number of anilines is 2. The first-order valence-electron chi connectivity index (χ1n) is 16.2. The van der Waals surface area contributed by atoms with Crippen molar-refractivity contribution in [2.75, 3.05) is 57.3 Å². The Labute approximate surface area is 290 Å². The number of carbonyl (C=O) groups is 2. The van der Waals surface area contributed by atoms with Gasteiger partial charge in [-0.25, -0.2) is 9.97 Å². The van der Waals surface area contributed by atoms with Crippen molar-refractivity contribution < 1.29 is 33.3 Å². The number of aromatic hydroxyl groups is 1. The van der Waals surface area contributed by atoms with E-state index < -0.39 is 23.5 Å². The summed E-state index contributed by atoms with van der Waals surface area (Å²) in [5.41, 5.74) is 5.68. The number of primary amides is 1. The SMILES string of the molecule is COc1c(-c2cn(CC(=O)Nc3cc(N4CCN(C5COC5)C[C@@H]4C)nc(F)c3Cl)c3nc4n(c(=O)c23)CCC4)cc(C(N)=O)c(O)c1OC. The van der Waals surface area contributed by atoms with Gasteiger partial charge in [0.1, 0.15) is 28.9 Å². The van der Waals surface area contributed by atoms with Crippen LogP contribution in [0.2, 0.25) is 5.02 Å². The first kappa shape index (κ1) is 33.6. The maximum atomic E-state index is 15.1. The Balaban J connectivity index is 1.25. The molecule has 3 aliphatic rings. The number of fused-ring (bicyclic) bond motifs is 2. The van der Waals surface area contributed by atoms with E-state index in [9.17, 15) is 19.5 Å². The average Bonchev–Trinajstić information content (AvgIpc) is 3.67. The molecule has 0 radical (unpaired) electrons. The molecule has 0 unspecified atom stereocenters. The molecule has 264 valence electrons. The van der Waals surface area contributed by atoms with Crippen LogP contribution < -0.4 is 31.0 Å². The lowest BCUT2D eigenvalue weighted by molar-refractivity contribution is -0.116. The second-order valence-electron chi connectivity index (χ2n) is 12.6. The van der Waals surface area contributed by atoms with Gasteiger partial charge < -0.3 is 39.8 Å². The minimum absolute atomic E-state index is 0.0168. The highest BCUT2D eigenvalue weighted by molar-refractivity contribution is 6.33. The molecule has 0 bridgehead atoms. The summed E-state index contributed by atoms with van der Waals surface area (Å²) in [7, 11) is 2.63. The zero-order chi connectivity index (χ0) is 35.4. The summed E-state index contributed by atoms with van der Waals surface area (Å²) in [5, 5.41) is 13.2. The van der Waals surface area contributed by atoms with Crippen LogP contribution in [0.3, 0.4) is 0 Å². The van der Waals surface area contributed by atoms with Gasteiger partial charge in [0.15, 0.2) is 11.5 Å². The highest BCUT2D eigenvalue weighted by Gasteiger charge is 2.34. The number of piperazine rings is 1. The maximum absolute atomic E-state index is 15.1. The Bertz CT molecular complexity index is 2100. The molecule has 4 aromatic rings. The zero-order valence-electron chi connectivity index (χ0n) is 27.7. The molecular formula is C33H36ClFN8O7. The van der Waals surface area contributed by atoms with Crippen molar-refractivity contribution in [1.29, 1.82) is 0 Å². The molecule has 3 aromatic heterocycles. The van der Waals surface area contributed by atoms with Crippen molar-refractivity contribution in [2.45, 2.75) is 44.9 Å². The summed E-state index contributed by atoms with van der Waals surface area (Å²) in [4.78, 5) is 53.1. The number of halogens is 2. The number of phenols is 1. The molecule has 17 heteroatoms. The van der Waals surface area contributed by atoms with Gasteiger partial charge in [0.2, 0.25) is 17.6 Å². The number of aromatic nitrogens is 4. The minimum Gasteiger partial charge on any atom is -0.504 e. The van der Waals surface area contributed by atoms with Crippen LogP contribution in [0.5, 0.6) is 17.2 Å². The molecule has 1 aromatic carbocycles. The molecule has 0 saturated carbocycles. The number of rotatable bonds is 9. The number of ether oxygens (including phenoxy) is 3. The molecule has 50 heavy (non-hydrogen) atoms. The molecule has 4 N–H and O–H groups in total. The number of carbonyl (C=O) groups excluding carboxylic acids is 2. The van der Waals surface area contributed by atoms with Crippen LogP contribution in [0.25, 0.3) is 22.2 Å². The molecule has 2 fully saturated rings. The Morgan fingerprint density at radius 1 is 1.14 bits per heavy atom. The van der Waals surface area contributed by atoms with E-state index in [1.54, 1.807) is 10.6 Å². The number of nitrogens with two attached hydrogens (primary N) is 1. The zero-order valence-corrected chi connectivity index (χ0v) is 28.4. The molecule has 7 rings (SSSR count). The molecule has 0 aliphatic carbocycles. The highest BCUT2D eigenvalue weighted by Crippen LogP contribution is 2.47. The normalized spacial score (nSPS) is 17.9. The largest absolute Gasteiger partial charge is 0.504 e. The number of nitrogens with one attached hydrogen (secondary N) is 1. The van der Waals surface area contributed by atoms with Gasteiger partial charge in [-0.05, 0) is 19.4 Å². The van der Waals surface area contributed by atoms with E-state index in [1.165, 1.54) is 31.0 Å². The summed E-state index contributed by atoms with van der Waals surface area (Å²) < 4.78 is 34.5. The van der Waals surface area contributed by atoms with Crippen molar-refractivity contribution >= 4 is 46.0 Å². The topological polar surface area (TPSA) is 179 Å². The van der Waals surface area contributed by atoms with Crippen LogP contribution in [0.15, 0.2) is 23.1 Å². The summed E-state index contributed by atoms with van der Waals surface area (Å²) >= 11 is 6.32. The summed E-state index contributed by atoms with van der Waals surface area (Å²) in [5.74, 6) is -2.18. The quantitative estimate of drug-likeness (QED) is 0.217. The monoisotopic (exact) mass is 710 g/mol. The molecule has 3 aliphatic heterocycles. The van der Waals surface area contributed by atoms with E-state index >= 15 is 4.39 Å². The molecule has 0 spiro atoms. The fourth-order valence-electron chi connectivity index (χ4n) is 7.02. The predicted octanol–water partition coefficient (Wildman–Crippen LogP) is 2.37. The van der Waals surface area contributed by atoms with Crippen molar-refractivity contribution in [3.05, 3.63) is 51.0 Å². The number of hydrogen-bond acceptors (Lipinski definition) is 11. The van der Waals surface area contributed by atoms with Gasteiger partial charge in [-0.3, -0.25) is 23.9 Å². The van der Waals surface area contributed by atoms with E-state index in [-0.39, 0.29) is 68.1 Å². The van der Waals surface area contributed by atoms with Crippen molar-refractivity contribution in [1.82, 2.24) is 24.0 Å². The first-order valence-corrected chi connectivity index (χ1v) is 16.5. The van der Waals surface area contributed by atoms with E-state index in [4.69, 9.17) is 36.5 Å². The molecular weight excluding hydrogens is 675 g/mol. The van der Waals surface area contributed by atoms with Gasteiger partial charge in [0, 0.05) is 62.0 Å². The first-order chi connectivity index (χ1) is 24.0. The smallest absolute Gasteiger partial charge is 0.263 e. The second kappa shape index (κ2) is 13.1. The minimum atomic E-state index is -0.936. The van der Waals surface area contributed by atoms with Gasteiger partial charge in [0.05, 0.1) is 50.1 Å². The fraction of sp³-hybridized carbons (Fsp3) is 0.424. The third-order valence-electron chi connectivity index (χ3n) is 9.59. The predicted molar refractivity (Wildman–Crippen MR) is 182 cm³/mol. The Morgan fingerprint density at radius 2 is 1.90 bits per heavy atom. The van der Waals surface area contributed by atoms with Gasteiger partial charge in [0.25, 0.3) is 11.5 Å². The number of aryl methyl sites for hydroxylation is 1. The van der Waals surface area contributed by atoms with Gasteiger partial charge in [-0.15, -0.1) is 0 Å². The van der Waals surface area contributed by atoms with E-state index in [0.717, 1.165) is 13.1 Å². The number of methoxy groups -OCH3 is 2. The summed E-state index contributed by atoms with van der Waals surface area (Å²) in [6, 6.07) is 3.25. The van der Waals surface area contributed by atoms with Crippen LogP contribution in [0.4, 0.5) is 15.9 Å². The Kier molecular flexibility index (Phi) is 8.78. The molecule has 2 saturated heterocycles. The van der Waals surface area contributed by atoms with Crippen LogP contribution in [-0.4, -0.2) is 100 Å². The third-order valence-corrected chi connectivity index (χ3v) is 9.95. The van der Waals surface area contributed by atoms with E-state index in [0.29, 0.717) is 56.8 Å². The van der Waals surface area contributed by atoms with Crippen molar-refractivity contribution in [2.24, 2.45) is 5.73 Å². The molecule has 6 heterocycles. The van der Waals surface area contributed by atoms with Crippen LogP contribution >= 0.6 is 11.6 Å². The molecule has 1 atom stereocenters. The van der Waals surface area contributed by atoms with Gasteiger partial charge in [-0.1, -0.05) is 11.6 Å². The highest BCUT2D eigenvalue weighted by atomic mass is 35.5.